The molecule has 5 rings (SSSR count). The maximum absolute atomic E-state index is 12.4. The Morgan fingerprint density at radius 1 is 0.812 bits per heavy atom. The molecule has 0 N–H and O–H groups in total. The number of hydrogen-bond donors (Lipinski definition) is 0. The van der Waals surface area contributed by atoms with E-state index in [-0.39, 0.29) is 22.4 Å². The fraction of sp³-hybridized carbons (Fsp3) is 0.448. The lowest BCUT2D eigenvalue weighted by Gasteiger charge is -2.38. The van der Waals surface area contributed by atoms with Gasteiger partial charge >= 0.3 is 0 Å². The van der Waals surface area contributed by atoms with Gasteiger partial charge in [0.2, 0.25) is 0 Å². The number of aryl methyl sites for hydroxylation is 1. The zero-order valence-corrected chi connectivity index (χ0v) is 19.7. The van der Waals surface area contributed by atoms with E-state index in [1.165, 1.54) is 22.3 Å². The summed E-state index contributed by atoms with van der Waals surface area (Å²) in [6.45, 7) is 11.9. The monoisotopic (exact) mass is 428 g/mol. The zero-order chi connectivity index (χ0) is 22.9. The van der Waals surface area contributed by atoms with E-state index in [1.54, 1.807) is 0 Å². The quantitative estimate of drug-likeness (QED) is 0.353. The van der Waals surface area contributed by atoms with Crippen molar-refractivity contribution in [2.75, 3.05) is 6.61 Å². The number of ketones is 2. The average molecular weight is 429 g/mol. The fourth-order valence-electron chi connectivity index (χ4n) is 5.58. The van der Waals surface area contributed by atoms with Crippen LogP contribution >= 0.6 is 0 Å². The first-order chi connectivity index (χ1) is 15.1. The van der Waals surface area contributed by atoms with Crippen molar-refractivity contribution < 1.29 is 14.3 Å². The Morgan fingerprint density at radius 2 is 1.34 bits per heavy atom. The van der Waals surface area contributed by atoms with Crippen molar-refractivity contribution in [3.8, 4) is 0 Å². The van der Waals surface area contributed by atoms with Crippen molar-refractivity contribution in [1.82, 2.24) is 0 Å². The highest BCUT2D eigenvalue weighted by Crippen LogP contribution is 2.50. The van der Waals surface area contributed by atoms with Gasteiger partial charge in [0.15, 0.2) is 0 Å². The lowest BCUT2D eigenvalue weighted by molar-refractivity contribution is -0.131. The van der Waals surface area contributed by atoms with Gasteiger partial charge in [0.1, 0.15) is 23.1 Å². The largest absolute Gasteiger partial charge is 0.359 e. The van der Waals surface area contributed by atoms with Crippen molar-refractivity contribution in [2.45, 2.75) is 76.2 Å². The van der Waals surface area contributed by atoms with Crippen LogP contribution in [0.4, 0.5) is 0 Å². The lowest BCUT2D eigenvalue weighted by Crippen LogP contribution is -2.30. The number of rotatable bonds is 3. The van der Waals surface area contributed by atoms with Crippen LogP contribution in [0.2, 0.25) is 0 Å². The summed E-state index contributed by atoms with van der Waals surface area (Å²) in [5.74, 6) is -0.487. The number of benzene rings is 2. The van der Waals surface area contributed by atoms with E-state index in [0.717, 1.165) is 11.1 Å². The normalized spacial score (nSPS) is 26.2. The van der Waals surface area contributed by atoms with E-state index < -0.39 is 11.5 Å². The number of epoxide rings is 1. The molecule has 0 aromatic heterocycles. The molecule has 1 saturated carbocycles. The highest BCUT2D eigenvalue weighted by molar-refractivity contribution is 6.09. The summed E-state index contributed by atoms with van der Waals surface area (Å²) < 4.78 is 6.14. The van der Waals surface area contributed by atoms with Crippen molar-refractivity contribution in [1.29, 1.82) is 0 Å². The molecular formula is C29H32O3. The van der Waals surface area contributed by atoms with E-state index in [2.05, 4.69) is 58.9 Å². The zero-order valence-electron chi connectivity index (χ0n) is 19.7. The molecule has 3 aliphatic rings. The number of allylic oxidation sites excluding steroid dienone is 2. The molecule has 1 aliphatic heterocycles. The first-order valence-corrected chi connectivity index (χ1v) is 11.7. The summed E-state index contributed by atoms with van der Waals surface area (Å²) in [5, 5.41) is 0. The standard InChI is InChI=1S/C29H32O3/c1-18-15-22-23(28(4,5)14-13-27(22,2)3)16-21(18)29(17-32-29)20-11-9-19(10-12-20)26-24(30)7-6-8-25(26)31/h9-16,26H,6-8,17H2,1-5H3. The SMILES string of the molecule is Cc1cc2c(cc1C1(c3ccc(C4C(=O)CCCC4=O)cc3)CO1)C(C)(C)C=CC2(C)C. The molecule has 2 aromatic carbocycles. The summed E-state index contributed by atoms with van der Waals surface area (Å²) in [4.78, 5) is 24.7. The minimum absolute atomic E-state index is 0.00638. The number of carbonyl (C=O) groups is 2. The molecule has 0 radical (unpaired) electrons. The molecule has 0 bridgehead atoms. The fourth-order valence-corrected chi connectivity index (χ4v) is 5.58. The van der Waals surface area contributed by atoms with E-state index in [4.69, 9.17) is 4.74 Å². The summed E-state index contributed by atoms with van der Waals surface area (Å²) >= 11 is 0. The summed E-state index contributed by atoms with van der Waals surface area (Å²) in [6, 6.07) is 12.7. The summed E-state index contributed by atoms with van der Waals surface area (Å²) in [6.07, 6.45) is 6.33. The topological polar surface area (TPSA) is 46.7 Å². The van der Waals surface area contributed by atoms with Gasteiger partial charge in [-0.1, -0.05) is 76.2 Å². The molecule has 1 atom stereocenters. The molecule has 0 amide bonds. The van der Waals surface area contributed by atoms with Gasteiger partial charge in [-0.25, -0.2) is 0 Å². The second-order valence-corrected chi connectivity index (χ2v) is 10.9. The van der Waals surface area contributed by atoms with E-state index in [9.17, 15) is 9.59 Å². The lowest BCUT2D eigenvalue weighted by atomic mass is 9.66. The van der Waals surface area contributed by atoms with Crippen LogP contribution in [0.1, 0.15) is 86.3 Å². The third-order valence-electron chi connectivity index (χ3n) is 7.74. The number of hydrogen-bond acceptors (Lipinski definition) is 3. The predicted molar refractivity (Wildman–Crippen MR) is 126 cm³/mol. The van der Waals surface area contributed by atoms with Gasteiger partial charge in [0, 0.05) is 23.7 Å². The highest BCUT2D eigenvalue weighted by Gasteiger charge is 2.50. The van der Waals surface area contributed by atoms with Gasteiger partial charge in [-0.05, 0) is 46.7 Å². The minimum Gasteiger partial charge on any atom is -0.359 e. The van der Waals surface area contributed by atoms with E-state index >= 15 is 0 Å². The van der Waals surface area contributed by atoms with Crippen LogP contribution < -0.4 is 0 Å². The highest BCUT2D eigenvalue weighted by atomic mass is 16.6. The van der Waals surface area contributed by atoms with Gasteiger partial charge in [0.05, 0.1) is 6.61 Å². The van der Waals surface area contributed by atoms with Gasteiger partial charge < -0.3 is 4.74 Å². The number of carbonyl (C=O) groups excluding carboxylic acids is 2. The Kier molecular flexibility index (Phi) is 4.66. The Hall–Kier alpha value is -2.52. The molecule has 32 heavy (non-hydrogen) atoms. The molecule has 2 aromatic rings. The third kappa shape index (κ3) is 3.21. The second-order valence-electron chi connectivity index (χ2n) is 10.9. The number of ether oxygens (including phenoxy) is 1. The Bertz CT molecular complexity index is 1130. The Morgan fingerprint density at radius 3 is 1.88 bits per heavy atom. The number of fused-ring (bicyclic) bond motifs is 1. The van der Waals surface area contributed by atoms with Crippen LogP contribution in [0.15, 0.2) is 48.6 Å². The maximum Gasteiger partial charge on any atom is 0.147 e. The van der Waals surface area contributed by atoms with Crippen molar-refractivity contribution in [3.05, 3.63) is 81.9 Å². The van der Waals surface area contributed by atoms with Crippen LogP contribution in [0.3, 0.4) is 0 Å². The molecule has 166 valence electrons. The third-order valence-corrected chi connectivity index (χ3v) is 7.74. The first kappa shape index (κ1) is 21.3. The van der Waals surface area contributed by atoms with Gasteiger partial charge in [-0.3, -0.25) is 9.59 Å². The Labute approximate surface area is 190 Å². The van der Waals surface area contributed by atoms with E-state index in [1.807, 2.05) is 24.3 Å². The smallest absolute Gasteiger partial charge is 0.147 e. The van der Waals surface area contributed by atoms with Gasteiger partial charge in [-0.15, -0.1) is 0 Å². The van der Waals surface area contributed by atoms with Crippen molar-refractivity contribution in [3.63, 3.8) is 0 Å². The van der Waals surface area contributed by atoms with Crippen LogP contribution in [0.5, 0.6) is 0 Å². The average Bonchev–Trinajstić information content (AvgIpc) is 3.53. The van der Waals surface area contributed by atoms with Crippen molar-refractivity contribution in [2.24, 2.45) is 0 Å². The predicted octanol–water partition coefficient (Wildman–Crippen LogP) is 5.80. The molecule has 1 heterocycles. The van der Waals surface area contributed by atoms with Crippen LogP contribution in [-0.2, 0) is 30.8 Å². The first-order valence-electron chi connectivity index (χ1n) is 11.7. The van der Waals surface area contributed by atoms with Gasteiger partial charge in [0.25, 0.3) is 0 Å². The minimum atomic E-state index is -0.589. The second kappa shape index (κ2) is 6.99. The number of Topliss-reactive ketones (excluding diaryl/α,β-unsaturated/α-hetero) is 2. The van der Waals surface area contributed by atoms with Crippen LogP contribution in [-0.4, -0.2) is 18.2 Å². The molecule has 3 nitrogen and oxygen atoms in total. The molecule has 0 spiro atoms. The Balaban J connectivity index is 1.54. The molecule has 1 saturated heterocycles. The molecular weight excluding hydrogens is 396 g/mol. The summed E-state index contributed by atoms with van der Waals surface area (Å²) in [5.41, 5.74) is 6.62. The van der Waals surface area contributed by atoms with Gasteiger partial charge in [-0.2, -0.15) is 0 Å². The van der Waals surface area contributed by atoms with E-state index in [0.29, 0.717) is 25.9 Å². The maximum atomic E-state index is 12.4. The van der Waals surface area contributed by atoms with Crippen LogP contribution in [0.25, 0.3) is 0 Å². The molecule has 1 unspecified atom stereocenters. The molecule has 2 aliphatic carbocycles. The molecule has 2 fully saturated rings. The molecule has 3 heteroatoms. The summed E-state index contributed by atoms with van der Waals surface area (Å²) in [7, 11) is 0. The van der Waals surface area contributed by atoms with Crippen molar-refractivity contribution >= 4 is 11.6 Å². The van der Waals surface area contributed by atoms with Crippen LogP contribution in [0, 0.1) is 6.92 Å².